The molecule has 1 aromatic heterocycles. The number of hydrogen-bond acceptors (Lipinski definition) is 4. The Hall–Kier alpha value is -2.77. The van der Waals surface area contributed by atoms with Crippen LogP contribution in [0.4, 0.5) is 10.1 Å². The Morgan fingerprint density at radius 3 is 2.58 bits per heavy atom. The highest BCUT2D eigenvalue weighted by atomic mass is 19.1. The van der Waals surface area contributed by atoms with E-state index in [-0.39, 0.29) is 11.3 Å². The topological polar surface area (TPSA) is 81.3 Å². The average molecular weight is 332 g/mol. The highest BCUT2D eigenvalue weighted by Gasteiger charge is 2.27. The van der Waals surface area contributed by atoms with Crippen LogP contribution in [0.15, 0.2) is 30.5 Å². The molecule has 0 radical (unpaired) electrons. The first-order valence-corrected chi connectivity index (χ1v) is 7.68. The molecule has 1 aromatic carbocycles. The lowest BCUT2D eigenvalue weighted by Gasteiger charge is -2.32. The van der Waals surface area contributed by atoms with Crippen molar-refractivity contribution >= 4 is 11.6 Å². The molecule has 3 rings (SSSR count). The van der Waals surface area contributed by atoms with Gasteiger partial charge in [-0.15, -0.1) is 0 Å². The Morgan fingerprint density at radius 1 is 1.33 bits per heavy atom. The summed E-state index contributed by atoms with van der Waals surface area (Å²) in [6, 6.07) is 5.09. The minimum Gasteiger partial charge on any atom is -0.339 e. The van der Waals surface area contributed by atoms with E-state index >= 15 is 0 Å². The molecule has 1 aliphatic heterocycles. The zero-order valence-electron chi connectivity index (χ0n) is 13.2. The Morgan fingerprint density at radius 2 is 2.04 bits per heavy atom. The molecule has 0 unspecified atom stereocenters. The van der Waals surface area contributed by atoms with Crippen LogP contribution in [0.1, 0.15) is 34.8 Å². The van der Waals surface area contributed by atoms with Crippen LogP contribution >= 0.6 is 0 Å². The van der Waals surface area contributed by atoms with Crippen molar-refractivity contribution < 1.29 is 14.1 Å². The number of carbonyl (C=O) groups is 1. The zero-order valence-corrected chi connectivity index (χ0v) is 13.2. The standard InChI is InChI=1S/C16H17FN4O3/c1-19-15(4-7-18-19)11-5-8-20(9-6-11)16(22)13-3-2-12(21(23)24)10-14(13)17/h2-4,7,10-11H,5-6,8-9H2,1H3. The normalized spacial score (nSPS) is 15.5. The summed E-state index contributed by atoms with van der Waals surface area (Å²) in [4.78, 5) is 24.0. The molecule has 0 N–H and O–H groups in total. The van der Waals surface area contributed by atoms with Gasteiger partial charge in [0.05, 0.1) is 16.6 Å². The third-order valence-corrected chi connectivity index (χ3v) is 4.45. The number of nitro groups is 1. The number of nitro benzene ring substituents is 1. The fourth-order valence-electron chi connectivity index (χ4n) is 3.12. The second-order valence-corrected chi connectivity index (χ2v) is 5.87. The van der Waals surface area contributed by atoms with Gasteiger partial charge in [0.15, 0.2) is 0 Å². The number of amides is 1. The second kappa shape index (κ2) is 6.38. The van der Waals surface area contributed by atoms with Crippen molar-refractivity contribution in [3.63, 3.8) is 0 Å². The average Bonchev–Trinajstić information content (AvgIpc) is 3.00. The van der Waals surface area contributed by atoms with Crippen LogP contribution in [0.3, 0.4) is 0 Å². The van der Waals surface area contributed by atoms with Crippen LogP contribution in [0, 0.1) is 15.9 Å². The summed E-state index contributed by atoms with van der Waals surface area (Å²) in [5.41, 5.74) is 0.641. The van der Waals surface area contributed by atoms with E-state index in [2.05, 4.69) is 5.10 Å². The predicted octanol–water partition coefficient (Wildman–Crippen LogP) is 2.49. The van der Waals surface area contributed by atoms with Crippen molar-refractivity contribution in [2.24, 2.45) is 7.05 Å². The molecule has 2 aromatic rings. The smallest absolute Gasteiger partial charge is 0.272 e. The van der Waals surface area contributed by atoms with Crippen LogP contribution in [0.5, 0.6) is 0 Å². The molecule has 1 fully saturated rings. The van der Waals surface area contributed by atoms with Crippen molar-refractivity contribution in [3.8, 4) is 0 Å². The van der Waals surface area contributed by atoms with Crippen molar-refractivity contribution in [1.29, 1.82) is 0 Å². The van der Waals surface area contributed by atoms with E-state index in [1.54, 1.807) is 11.1 Å². The highest BCUT2D eigenvalue weighted by molar-refractivity contribution is 5.94. The number of aromatic nitrogens is 2. The number of likely N-dealkylation sites (tertiary alicyclic amines) is 1. The van der Waals surface area contributed by atoms with Crippen molar-refractivity contribution in [3.05, 3.63) is 57.7 Å². The third-order valence-electron chi connectivity index (χ3n) is 4.45. The summed E-state index contributed by atoms with van der Waals surface area (Å²) in [5.74, 6) is -0.961. The first-order chi connectivity index (χ1) is 11.5. The third kappa shape index (κ3) is 2.99. The molecule has 2 heterocycles. The number of non-ortho nitro benzene ring substituents is 1. The van der Waals surface area contributed by atoms with Crippen LogP contribution in [-0.4, -0.2) is 38.6 Å². The lowest BCUT2D eigenvalue weighted by Crippen LogP contribution is -2.38. The molecule has 0 saturated carbocycles. The van der Waals surface area contributed by atoms with Gasteiger partial charge in [0, 0.05) is 44.0 Å². The van der Waals surface area contributed by atoms with E-state index in [9.17, 15) is 19.3 Å². The monoisotopic (exact) mass is 332 g/mol. The summed E-state index contributed by atoms with van der Waals surface area (Å²) < 4.78 is 15.8. The number of piperidine rings is 1. The first kappa shape index (κ1) is 16.1. The maximum absolute atomic E-state index is 14.0. The van der Waals surface area contributed by atoms with Crippen LogP contribution in [-0.2, 0) is 7.05 Å². The lowest BCUT2D eigenvalue weighted by atomic mass is 9.93. The predicted molar refractivity (Wildman–Crippen MR) is 84.1 cm³/mol. The molecule has 8 heteroatoms. The molecule has 7 nitrogen and oxygen atoms in total. The zero-order chi connectivity index (χ0) is 17.3. The van der Waals surface area contributed by atoms with Gasteiger partial charge >= 0.3 is 0 Å². The first-order valence-electron chi connectivity index (χ1n) is 7.68. The van der Waals surface area contributed by atoms with Gasteiger partial charge in [-0.2, -0.15) is 5.10 Å². The Bertz CT molecular complexity index is 781. The highest BCUT2D eigenvalue weighted by Crippen LogP contribution is 2.28. The summed E-state index contributed by atoms with van der Waals surface area (Å²) in [7, 11) is 1.89. The van der Waals surface area contributed by atoms with E-state index in [4.69, 9.17) is 0 Å². The fraction of sp³-hybridized carbons (Fsp3) is 0.375. The maximum Gasteiger partial charge on any atom is 0.272 e. The number of halogens is 1. The quantitative estimate of drug-likeness (QED) is 0.639. The molecule has 1 amide bonds. The van der Waals surface area contributed by atoms with E-state index < -0.39 is 16.6 Å². The summed E-state index contributed by atoms with van der Waals surface area (Å²) in [5, 5.41) is 14.8. The van der Waals surface area contributed by atoms with E-state index in [0.717, 1.165) is 30.7 Å². The molecule has 0 bridgehead atoms. The van der Waals surface area contributed by atoms with E-state index in [0.29, 0.717) is 19.0 Å². The summed E-state index contributed by atoms with van der Waals surface area (Å²) in [6.07, 6.45) is 3.30. The Balaban J connectivity index is 1.69. The second-order valence-electron chi connectivity index (χ2n) is 5.87. The van der Waals surface area contributed by atoms with Crippen LogP contribution in [0.25, 0.3) is 0 Å². The molecular formula is C16H17FN4O3. The van der Waals surface area contributed by atoms with Crippen LogP contribution in [0.2, 0.25) is 0 Å². The fourth-order valence-corrected chi connectivity index (χ4v) is 3.12. The largest absolute Gasteiger partial charge is 0.339 e. The van der Waals surface area contributed by atoms with Crippen molar-refractivity contribution in [1.82, 2.24) is 14.7 Å². The number of nitrogens with zero attached hydrogens (tertiary/aromatic N) is 4. The number of aryl methyl sites for hydroxylation is 1. The Kier molecular flexibility index (Phi) is 4.28. The molecule has 24 heavy (non-hydrogen) atoms. The van der Waals surface area contributed by atoms with Crippen LogP contribution < -0.4 is 0 Å². The summed E-state index contributed by atoms with van der Waals surface area (Å²) >= 11 is 0. The van der Waals surface area contributed by atoms with E-state index in [1.165, 1.54) is 6.07 Å². The van der Waals surface area contributed by atoms with Gasteiger partial charge in [-0.05, 0) is 25.0 Å². The molecule has 1 aliphatic rings. The molecule has 0 spiro atoms. The van der Waals surface area contributed by atoms with Crippen molar-refractivity contribution in [2.75, 3.05) is 13.1 Å². The molecule has 126 valence electrons. The van der Waals surface area contributed by atoms with Gasteiger partial charge in [0.2, 0.25) is 0 Å². The number of benzene rings is 1. The molecule has 1 saturated heterocycles. The van der Waals surface area contributed by atoms with Gasteiger partial charge in [-0.25, -0.2) is 4.39 Å². The van der Waals surface area contributed by atoms with Gasteiger partial charge in [0.25, 0.3) is 11.6 Å². The molecule has 0 atom stereocenters. The van der Waals surface area contributed by atoms with Gasteiger partial charge < -0.3 is 4.90 Å². The Labute approximate surface area is 137 Å². The van der Waals surface area contributed by atoms with E-state index in [1.807, 2.05) is 17.8 Å². The molecular weight excluding hydrogens is 315 g/mol. The minimum atomic E-state index is -0.858. The SMILES string of the molecule is Cn1nccc1C1CCN(C(=O)c2ccc([N+](=O)[O-])cc2F)CC1. The van der Waals surface area contributed by atoms with Gasteiger partial charge in [0.1, 0.15) is 5.82 Å². The number of rotatable bonds is 3. The van der Waals surface area contributed by atoms with Crippen molar-refractivity contribution in [2.45, 2.75) is 18.8 Å². The number of hydrogen-bond donors (Lipinski definition) is 0. The summed E-state index contributed by atoms with van der Waals surface area (Å²) in [6.45, 7) is 1.04. The van der Waals surface area contributed by atoms with Gasteiger partial charge in [-0.3, -0.25) is 19.6 Å². The van der Waals surface area contributed by atoms with Gasteiger partial charge in [-0.1, -0.05) is 0 Å². The molecule has 0 aliphatic carbocycles. The lowest BCUT2D eigenvalue weighted by molar-refractivity contribution is -0.385. The minimum absolute atomic E-state index is 0.125. The number of carbonyl (C=O) groups excluding carboxylic acids is 1. The maximum atomic E-state index is 14.0.